The summed E-state index contributed by atoms with van der Waals surface area (Å²) in [4.78, 5) is 5.44. The van der Waals surface area contributed by atoms with Crippen LogP contribution in [0.4, 0.5) is 0 Å². The van der Waals surface area contributed by atoms with Crippen molar-refractivity contribution < 1.29 is 9.48 Å². The van der Waals surface area contributed by atoms with Crippen LogP contribution in [-0.2, 0) is 4.84 Å². The maximum Gasteiger partial charge on any atom is 0.113 e. The van der Waals surface area contributed by atoms with Crippen LogP contribution in [-0.4, -0.2) is 30.9 Å². The Morgan fingerprint density at radius 3 is 1.60 bits per heavy atom. The van der Waals surface area contributed by atoms with Crippen molar-refractivity contribution in [2.24, 2.45) is 0 Å². The molecule has 0 saturated carbocycles. The Morgan fingerprint density at radius 1 is 1.20 bits per heavy atom. The van der Waals surface area contributed by atoms with Gasteiger partial charge in [0.25, 0.3) is 0 Å². The molecule has 0 heterocycles. The third-order valence-electron chi connectivity index (χ3n) is 2.38. The molecule has 0 aliphatic carbocycles. The van der Waals surface area contributed by atoms with Crippen molar-refractivity contribution in [2.75, 3.05) is 20.2 Å². The van der Waals surface area contributed by atoms with E-state index in [9.17, 15) is 0 Å². The van der Waals surface area contributed by atoms with Crippen molar-refractivity contribution in [3.05, 3.63) is 0 Å². The van der Waals surface area contributed by atoms with Gasteiger partial charge in [-0.25, -0.2) is 4.84 Å². The van der Waals surface area contributed by atoms with Crippen LogP contribution in [0.5, 0.6) is 0 Å². The predicted molar refractivity (Wildman–Crippen MR) is 43.5 cm³/mol. The molecule has 62 valence electrons. The number of quaternary nitrogens is 1. The van der Waals surface area contributed by atoms with E-state index in [2.05, 4.69) is 27.7 Å². The van der Waals surface area contributed by atoms with Crippen molar-refractivity contribution in [3.8, 4) is 0 Å². The van der Waals surface area contributed by atoms with E-state index in [0.717, 1.165) is 17.7 Å². The van der Waals surface area contributed by atoms with Crippen molar-refractivity contribution in [2.45, 2.75) is 33.7 Å². The van der Waals surface area contributed by atoms with Crippen molar-refractivity contribution in [1.29, 1.82) is 0 Å². The topological polar surface area (TPSA) is 9.23 Å². The van der Waals surface area contributed by atoms with Crippen LogP contribution in [0.2, 0.25) is 0 Å². The molecular formula is C8H20NO+. The highest BCUT2D eigenvalue weighted by molar-refractivity contribution is 4.36. The summed E-state index contributed by atoms with van der Waals surface area (Å²) >= 11 is 0. The minimum Gasteiger partial charge on any atom is -0.206 e. The predicted octanol–water partition coefficient (Wildman–Crippen LogP) is 1.81. The van der Waals surface area contributed by atoms with Gasteiger partial charge in [0.1, 0.15) is 19.1 Å². The minimum atomic E-state index is 0.556. The lowest BCUT2D eigenvalue weighted by Gasteiger charge is -2.35. The first-order valence-electron chi connectivity index (χ1n) is 4.05. The second-order valence-electron chi connectivity index (χ2n) is 2.86. The van der Waals surface area contributed by atoms with Gasteiger partial charge in [-0.15, -0.1) is 0 Å². The molecule has 0 N–H and O–H groups in total. The molecule has 10 heavy (non-hydrogen) atoms. The molecule has 2 nitrogen and oxygen atoms in total. The zero-order valence-electron chi connectivity index (χ0n) is 7.85. The smallest absolute Gasteiger partial charge is 0.113 e. The molecular weight excluding hydrogens is 126 g/mol. The van der Waals surface area contributed by atoms with Crippen LogP contribution in [0.3, 0.4) is 0 Å². The number of hydroxylamine groups is 3. The van der Waals surface area contributed by atoms with E-state index in [1.54, 1.807) is 7.11 Å². The van der Waals surface area contributed by atoms with E-state index in [4.69, 9.17) is 4.84 Å². The molecule has 0 radical (unpaired) electrons. The van der Waals surface area contributed by atoms with E-state index in [0.29, 0.717) is 6.04 Å². The lowest BCUT2D eigenvalue weighted by molar-refractivity contribution is -1.11. The number of nitrogens with zero attached hydrogens (tertiary/aromatic N) is 1. The van der Waals surface area contributed by atoms with Crippen molar-refractivity contribution in [3.63, 3.8) is 0 Å². The Kier molecular flexibility index (Phi) is 3.91. The molecule has 0 aromatic rings. The molecule has 0 spiro atoms. The summed E-state index contributed by atoms with van der Waals surface area (Å²) in [6.45, 7) is 10.8. The zero-order chi connectivity index (χ0) is 8.20. The van der Waals surface area contributed by atoms with Gasteiger partial charge in [0, 0.05) is 0 Å². The van der Waals surface area contributed by atoms with Crippen LogP contribution in [0.1, 0.15) is 27.7 Å². The summed E-state index contributed by atoms with van der Waals surface area (Å²) < 4.78 is 0.764. The monoisotopic (exact) mass is 146 g/mol. The summed E-state index contributed by atoms with van der Waals surface area (Å²) in [5, 5.41) is 0. The van der Waals surface area contributed by atoms with Gasteiger partial charge >= 0.3 is 0 Å². The molecule has 0 unspecified atom stereocenters. The second kappa shape index (κ2) is 3.94. The van der Waals surface area contributed by atoms with Gasteiger partial charge in [-0.05, 0) is 27.7 Å². The van der Waals surface area contributed by atoms with Gasteiger partial charge in [-0.2, -0.15) is 4.65 Å². The molecule has 0 aromatic heterocycles. The summed E-state index contributed by atoms with van der Waals surface area (Å²) in [7, 11) is 1.78. The lowest BCUT2D eigenvalue weighted by Crippen LogP contribution is -2.51. The summed E-state index contributed by atoms with van der Waals surface area (Å²) in [6.07, 6.45) is 0. The Morgan fingerprint density at radius 2 is 1.60 bits per heavy atom. The summed E-state index contributed by atoms with van der Waals surface area (Å²) in [6, 6.07) is 0.556. The fourth-order valence-electron chi connectivity index (χ4n) is 1.42. The maximum absolute atomic E-state index is 5.44. The van der Waals surface area contributed by atoms with E-state index in [1.165, 1.54) is 0 Å². The number of hydrogen-bond donors (Lipinski definition) is 0. The first-order chi connectivity index (χ1) is 4.63. The van der Waals surface area contributed by atoms with Gasteiger partial charge < -0.3 is 0 Å². The average molecular weight is 146 g/mol. The Balaban J connectivity index is 4.15. The highest BCUT2D eigenvalue weighted by Crippen LogP contribution is 2.12. The molecule has 0 aliphatic heterocycles. The maximum atomic E-state index is 5.44. The van der Waals surface area contributed by atoms with Gasteiger partial charge in [0.2, 0.25) is 0 Å². The molecule has 2 heteroatoms. The van der Waals surface area contributed by atoms with E-state index < -0.39 is 0 Å². The third-order valence-corrected chi connectivity index (χ3v) is 2.38. The average Bonchev–Trinajstić information content (AvgIpc) is 1.92. The molecule has 0 aliphatic rings. The quantitative estimate of drug-likeness (QED) is 0.434. The summed E-state index contributed by atoms with van der Waals surface area (Å²) in [5.41, 5.74) is 0. The normalized spacial score (nSPS) is 12.6. The molecule has 0 bridgehead atoms. The Hall–Kier alpha value is -0.0800. The van der Waals surface area contributed by atoms with Gasteiger partial charge in [-0.1, -0.05) is 0 Å². The lowest BCUT2D eigenvalue weighted by atomic mass is 10.3. The fraction of sp³-hybridized carbons (Fsp3) is 1.00. The van der Waals surface area contributed by atoms with Crippen LogP contribution >= 0.6 is 0 Å². The van der Waals surface area contributed by atoms with Crippen LogP contribution < -0.4 is 0 Å². The first kappa shape index (κ1) is 9.92. The third kappa shape index (κ3) is 1.70. The SMILES string of the molecule is CC[N+](CC)(OC)C(C)C. The molecule has 0 rings (SSSR count). The fourth-order valence-corrected chi connectivity index (χ4v) is 1.42. The van der Waals surface area contributed by atoms with Crippen LogP contribution in [0.15, 0.2) is 0 Å². The number of hydrogen-bond acceptors (Lipinski definition) is 1. The first-order valence-corrected chi connectivity index (χ1v) is 4.05. The van der Waals surface area contributed by atoms with E-state index in [-0.39, 0.29) is 0 Å². The standard InChI is InChI=1S/C8H20NO/c1-6-9(7-2,10-5)8(3)4/h8H,6-7H2,1-5H3/q+1. The second-order valence-corrected chi connectivity index (χ2v) is 2.86. The van der Waals surface area contributed by atoms with Gasteiger partial charge in [0.15, 0.2) is 0 Å². The highest BCUT2D eigenvalue weighted by Gasteiger charge is 2.27. The Bertz CT molecular complexity index is 79.0. The minimum absolute atomic E-state index is 0.556. The molecule has 0 saturated heterocycles. The van der Waals surface area contributed by atoms with Gasteiger partial charge in [0.05, 0.1) is 7.11 Å². The highest BCUT2D eigenvalue weighted by atomic mass is 16.7. The van der Waals surface area contributed by atoms with Crippen molar-refractivity contribution >= 4 is 0 Å². The Labute approximate surface area is 64.3 Å². The molecule has 0 aromatic carbocycles. The zero-order valence-corrected chi connectivity index (χ0v) is 7.85. The summed E-state index contributed by atoms with van der Waals surface area (Å²) in [5.74, 6) is 0. The largest absolute Gasteiger partial charge is 0.206 e. The van der Waals surface area contributed by atoms with Crippen LogP contribution in [0.25, 0.3) is 0 Å². The molecule has 0 fully saturated rings. The van der Waals surface area contributed by atoms with E-state index >= 15 is 0 Å². The van der Waals surface area contributed by atoms with E-state index in [1.807, 2.05) is 0 Å². The molecule has 0 amide bonds. The van der Waals surface area contributed by atoms with Gasteiger partial charge in [-0.3, -0.25) is 0 Å². The van der Waals surface area contributed by atoms with Crippen molar-refractivity contribution in [1.82, 2.24) is 0 Å². The molecule has 0 atom stereocenters. The van der Waals surface area contributed by atoms with Crippen LogP contribution in [0, 0.1) is 0 Å². The number of rotatable bonds is 4.